The van der Waals surface area contributed by atoms with Crippen molar-refractivity contribution in [2.75, 3.05) is 52.4 Å². The van der Waals surface area contributed by atoms with Gasteiger partial charge in [0.05, 0.1) is 46.7 Å². The maximum Gasteiger partial charge on any atom is 0.282 e. The summed E-state index contributed by atoms with van der Waals surface area (Å²) in [6, 6.07) is 16.8. The Morgan fingerprint density at radius 3 is 2.37 bits per heavy atom. The first kappa shape index (κ1) is 43.0. The Labute approximate surface area is 401 Å². The molecule has 3 spiro atoms. The highest BCUT2D eigenvalue weighted by atomic mass is 35.5. The highest BCUT2D eigenvalue weighted by Crippen LogP contribution is 2.55. The molecule has 354 valence electrons. The van der Waals surface area contributed by atoms with Crippen LogP contribution in [0.2, 0.25) is 5.02 Å². The number of hydrogen-bond donors (Lipinski definition) is 1. The van der Waals surface area contributed by atoms with Gasteiger partial charge in [0.1, 0.15) is 17.6 Å². The Hall–Kier alpha value is -5.11. The van der Waals surface area contributed by atoms with E-state index in [0.29, 0.717) is 59.5 Å². The summed E-state index contributed by atoms with van der Waals surface area (Å²) in [7, 11) is 0. The fourth-order valence-corrected chi connectivity index (χ4v) is 15.0. The van der Waals surface area contributed by atoms with E-state index in [1.165, 1.54) is 36.0 Å². The van der Waals surface area contributed by atoms with Crippen molar-refractivity contribution < 1.29 is 23.9 Å². The van der Waals surface area contributed by atoms with Crippen LogP contribution in [0.4, 0.5) is 0 Å². The van der Waals surface area contributed by atoms with Crippen LogP contribution in [0.1, 0.15) is 141 Å². The Morgan fingerprint density at radius 2 is 1.60 bits per heavy atom. The molecule has 2 saturated carbocycles. The number of imide groups is 1. The number of hydrogen-bond acceptors (Lipinski definition) is 9. The lowest BCUT2D eigenvalue weighted by Gasteiger charge is -2.56. The third-order valence-electron chi connectivity index (χ3n) is 18.7. The number of aromatic nitrogens is 2. The predicted molar refractivity (Wildman–Crippen MR) is 256 cm³/mol. The molecule has 68 heavy (non-hydrogen) atoms. The summed E-state index contributed by atoms with van der Waals surface area (Å²) in [5.74, 6) is 1.56. The molecule has 4 saturated heterocycles. The maximum absolute atomic E-state index is 13.8. The first-order valence-electron chi connectivity index (χ1n) is 25.6. The van der Waals surface area contributed by atoms with E-state index < -0.39 is 11.9 Å². The van der Waals surface area contributed by atoms with E-state index in [1.54, 1.807) is 11.0 Å². The molecule has 1 N–H and O–H groups in total. The minimum absolute atomic E-state index is 0.0615. The van der Waals surface area contributed by atoms with E-state index in [1.807, 2.05) is 18.2 Å². The lowest BCUT2D eigenvalue weighted by atomic mass is 9.59. The van der Waals surface area contributed by atoms with Crippen LogP contribution < -0.4 is 15.6 Å². The molecule has 4 amide bonds. The molecule has 6 fully saturated rings. The smallest absolute Gasteiger partial charge is 0.282 e. The second-order valence-electron chi connectivity index (χ2n) is 22.1. The number of piperidine rings is 4. The Kier molecular flexibility index (Phi) is 10.1. The molecule has 13 nitrogen and oxygen atoms in total. The zero-order chi connectivity index (χ0) is 46.1. The molecule has 1 atom stereocenters. The van der Waals surface area contributed by atoms with Gasteiger partial charge in [-0.25, -0.2) is 0 Å². The summed E-state index contributed by atoms with van der Waals surface area (Å²) in [5, 5.41) is 3.35. The molecule has 7 aliphatic heterocycles. The molecule has 4 aromatic rings. The third kappa shape index (κ3) is 6.60. The number of nitrogens with one attached hydrogen (secondary N) is 1. The van der Waals surface area contributed by atoms with Crippen LogP contribution in [0.3, 0.4) is 0 Å². The van der Waals surface area contributed by atoms with Gasteiger partial charge in [-0.05, 0) is 144 Å². The molecule has 0 bridgehead atoms. The molecule has 14 heteroatoms. The van der Waals surface area contributed by atoms with E-state index in [-0.39, 0.29) is 40.5 Å². The topological polar surface area (TPSA) is 137 Å². The van der Waals surface area contributed by atoms with E-state index in [9.17, 15) is 24.0 Å². The molecule has 13 rings (SSSR count). The zero-order valence-electron chi connectivity index (χ0n) is 38.8. The minimum atomic E-state index is -0.634. The number of halogens is 1. The van der Waals surface area contributed by atoms with Gasteiger partial charge < -0.3 is 19.4 Å². The van der Waals surface area contributed by atoms with E-state index in [4.69, 9.17) is 21.3 Å². The van der Waals surface area contributed by atoms with Crippen LogP contribution in [0.5, 0.6) is 5.75 Å². The molecule has 3 aromatic carbocycles. The Morgan fingerprint density at radius 1 is 0.838 bits per heavy atom. The summed E-state index contributed by atoms with van der Waals surface area (Å²) >= 11 is 6.63. The SMILES string of the molecule is O=C1CC[C@H](N2Cc3c(ccc4c3OCC43CCN(C4CC5(CCN(C(=O)CN6CCC(c7ccc8c(c7)-n7c(nc(=O)c9c(Cl)cccc97)C87CCCCC7)CC6)CC5)C4)CC3)C2=O)C(=O)N1. The van der Waals surface area contributed by atoms with Crippen LogP contribution in [-0.4, -0.2) is 117 Å². The third-order valence-corrected chi connectivity index (χ3v) is 19.0. The molecule has 0 unspecified atom stereocenters. The monoisotopic (exact) mass is 937 g/mol. The average molecular weight is 939 g/mol. The maximum atomic E-state index is 13.8. The lowest BCUT2D eigenvalue weighted by Crippen LogP contribution is -2.58. The summed E-state index contributed by atoms with van der Waals surface area (Å²) in [6.45, 7) is 7.01. The number of nitrogens with zero attached hydrogens (tertiary/aromatic N) is 6. The summed E-state index contributed by atoms with van der Waals surface area (Å²) in [5.41, 5.74) is 7.14. The van der Waals surface area contributed by atoms with Gasteiger partial charge in [-0.2, -0.15) is 4.98 Å². The average Bonchev–Trinajstić information content (AvgIpc) is 3.96. The molecular formula is C54H60ClN7O6. The molecule has 1 aromatic heterocycles. The highest BCUT2D eigenvalue weighted by Gasteiger charge is 2.53. The number of likely N-dealkylation sites (tertiary alicyclic amines) is 3. The van der Waals surface area contributed by atoms with Crippen molar-refractivity contribution in [3.8, 4) is 11.4 Å². The number of carbonyl (C=O) groups is 4. The van der Waals surface area contributed by atoms with Gasteiger partial charge in [0, 0.05) is 47.7 Å². The standard InChI is InChI=1S/C54H60ClN7O6/c55-40-5-4-6-41-46(40)49(66)57-51-54(15-2-1-3-16-54)38-9-7-34(27-43(38)62(41)51)33-13-21-58(22-14-33)31-45(64)60-23-17-52(18-24-60)28-35(29-52)59-25-19-53(20-26-59)32-68-47-37-30-61(42-11-12-44(63)56-48(42)65)50(67)36(37)8-10-39(47)53/h4-10,27,33,35,42H,1-3,11-26,28-32H2,(H,56,63,65)/t42-/m0/s1. The molecule has 8 heterocycles. The first-order chi connectivity index (χ1) is 33.0. The van der Waals surface area contributed by atoms with Crippen LogP contribution in [0.15, 0.2) is 53.3 Å². The second-order valence-corrected chi connectivity index (χ2v) is 22.5. The van der Waals surface area contributed by atoms with Gasteiger partial charge in [-0.15, -0.1) is 0 Å². The van der Waals surface area contributed by atoms with Crippen LogP contribution >= 0.6 is 11.6 Å². The number of amides is 4. The fourth-order valence-electron chi connectivity index (χ4n) is 14.7. The lowest BCUT2D eigenvalue weighted by molar-refractivity contribution is -0.138. The van der Waals surface area contributed by atoms with Gasteiger partial charge in [0.25, 0.3) is 11.5 Å². The van der Waals surface area contributed by atoms with Crippen molar-refractivity contribution in [2.24, 2.45) is 5.41 Å². The van der Waals surface area contributed by atoms with Crippen molar-refractivity contribution in [3.05, 3.63) is 97.5 Å². The molecule has 2 aliphatic carbocycles. The van der Waals surface area contributed by atoms with Crippen LogP contribution in [0.25, 0.3) is 16.6 Å². The van der Waals surface area contributed by atoms with Gasteiger partial charge in [0.15, 0.2) is 0 Å². The summed E-state index contributed by atoms with van der Waals surface area (Å²) in [4.78, 5) is 78.7. The van der Waals surface area contributed by atoms with E-state index in [2.05, 4.69) is 48.8 Å². The number of fused-ring (bicyclic) bond motifs is 11. The van der Waals surface area contributed by atoms with E-state index >= 15 is 0 Å². The van der Waals surface area contributed by atoms with Crippen LogP contribution in [-0.2, 0) is 31.8 Å². The summed E-state index contributed by atoms with van der Waals surface area (Å²) < 4.78 is 8.70. The van der Waals surface area contributed by atoms with E-state index in [0.717, 1.165) is 132 Å². The Bertz CT molecular complexity index is 2860. The fraction of sp³-hybridized carbons (Fsp3) is 0.556. The van der Waals surface area contributed by atoms with Crippen LogP contribution in [0, 0.1) is 5.41 Å². The number of benzene rings is 3. The molecule has 9 aliphatic rings. The highest BCUT2D eigenvalue weighted by molar-refractivity contribution is 6.35. The number of ether oxygens (including phenoxy) is 1. The predicted octanol–water partition coefficient (Wildman–Crippen LogP) is 6.74. The summed E-state index contributed by atoms with van der Waals surface area (Å²) in [6.07, 6.45) is 14.7. The normalized spacial score (nSPS) is 25.4. The van der Waals surface area contributed by atoms with Gasteiger partial charge in [0.2, 0.25) is 17.7 Å². The second kappa shape index (κ2) is 16.0. The van der Waals surface area contributed by atoms with Crippen molar-refractivity contribution in [1.82, 2.24) is 34.5 Å². The Balaban J connectivity index is 0.597. The van der Waals surface area contributed by atoms with Gasteiger partial charge >= 0.3 is 0 Å². The number of rotatable bonds is 5. The van der Waals surface area contributed by atoms with Gasteiger partial charge in [-0.1, -0.05) is 55.1 Å². The quantitative estimate of drug-likeness (QED) is 0.216. The largest absolute Gasteiger partial charge is 0.492 e. The minimum Gasteiger partial charge on any atom is -0.492 e. The zero-order valence-corrected chi connectivity index (χ0v) is 39.6. The number of carbonyl (C=O) groups excluding carboxylic acids is 4. The molecule has 0 radical (unpaired) electrons. The van der Waals surface area contributed by atoms with Crippen molar-refractivity contribution in [1.29, 1.82) is 0 Å². The van der Waals surface area contributed by atoms with Crippen molar-refractivity contribution >= 4 is 46.1 Å². The first-order valence-corrected chi connectivity index (χ1v) is 25.9. The van der Waals surface area contributed by atoms with Crippen molar-refractivity contribution in [3.63, 3.8) is 0 Å². The molecular weight excluding hydrogens is 878 g/mol. The van der Waals surface area contributed by atoms with Gasteiger partial charge in [-0.3, -0.25) is 38.8 Å². The van der Waals surface area contributed by atoms with Crippen molar-refractivity contribution in [2.45, 2.75) is 132 Å².